The molecule has 0 aliphatic carbocycles. The predicted molar refractivity (Wildman–Crippen MR) is 88.6 cm³/mol. The van der Waals surface area contributed by atoms with Gasteiger partial charge in [0.05, 0.1) is 19.1 Å². The third-order valence-corrected chi connectivity index (χ3v) is 4.15. The van der Waals surface area contributed by atoms with Crippen molar-refractivity contribution in [2.45, 2.75) is 19.8 Å². The van der Waals surface area contributed by atoms with Gasteiger partial charge in [-0.15, -0.1) is 0 Å². The molecule has 1 amide bonds. The highest BCUT2D eigenvalue weighted by atomic mass is 79.9. The van der Waals surface area contributed by atoms with E-state index in [9.17, 15) is 9.59 Å². The Kier molecular flexibility index (Phi) is 6.39. The number of carbonyl (C=O) groups excluding carboxylic acids is 2. The number of ether oxygens (including phenoxy) is 1. The van der Waals surface area contributed by atoms with Crippen molar-refractivity contribution in [3.63, 3.8) is 0 Å². The maximum Gasteiger partial charge on any atom is 0.310 e. The van der Waals surface area contributed by atoms with Crippen LogP contribution in [-0.4, -0.2) is 43.0 Å². The van der Waals surface area contributed by atoms with Gasteiger partial charge in [-0.3, -0.25) is 14.5 Å². The van der Waals surface area contributed by atoms with E-state index >= 15 is 0 Å². The highest BCUT2D eigenvalue weighted by Crippen LogP contribution is 2.18. The average molecular weight is 369 g/mol. The van der Waals surface area contributed by atoms with Crippen LogP contribution in [0.15, 0.2) is 28.7 Å². The normalized spacial score (nSPS) is 18.7. The van der Waals surface area contributed by atoms with Crippen LogP contribution in [0.2, 0.25) is 0 Å². The molecular formula is C16H21BrN2O3. The summed E-state index contributed by atoms with van der Waals surface area (Å²) in [5.74, 6) is -0.332. The van der Waals surface area contributed by atoms with Gasteiger partial charge in [0.25, 0.3) is 0 Å². The molecular weight excluding hydrogens is 348 g/mol. The van der Waals surface area contributed by atoms with E-state index in [-0.39, 0.29) is 17.8 Å². The van der Waals surface area contributed by atoms with Crippen LogP contribution in [0.3, 0.4) is 0 Å². The monoisotopic (exact) mass is 368 g/mol. The number of anilines is 1. The van der Waals surface area contributed by atoms with E-state index in [1.54, 1.807) is 0 Å². The summed E-state index contributed by atoms with van der Waals surface area (Å²) in [7, 11) is 0. The van der Waals surface area contributed by atoms with Gasteiger partial charge in [-0.25, -0.2) is 0 Å². The van der Waals surface area contributed by atoms with Crippen LogP contribution in [0.1, 0.15) is 19.8 Å². The first-order valence-electron chi connectivity index (χ1n) is 7.53. The summed E-state index contributed by atoms with van der Waals surface area (Å²) < 4.78 is 6.04. The number of rotatable bonds is 5. The number of piperidine rings is 1. The Balaban J connectivity index is 1.83. The van der Waals surface area contributed by atoms with E-state index in [4.69, 9.17) is 4.74 Å². The number of likely N-dealkylation sites (tertiary alicyclic amines) is 1. The second-order valence-electron chi connectivity index (χ2n) is 5.38. The summed E-state index contributed by atoms with van der Waals surface area (Å²) in [6, 6.07) is 7.46. The molecule has 1 aliphatic heterocycles. The zero-order valence-electron chi connectivity index (χ0n) is 12.7. The smallest absolute Gasteiger partial charge is 0.310 e. The molecule has 1 heterocycles. The largest absolute Gasteiger partial charge is 0.466 e. The molecule has 120 valence electrons. The van der Waals surface area contributed by atoms with E-state index < -0.39 is 0 Å². The summed E-state index contributed by atoms with van der Waals surface area (Å²) in [6.45, 7) is 3.94. The predicted octanol–water partition coefficient (Wildman–Crippen LogP) is 2.66. The lowest BCUT2D eigenvalue weighted by Gasteiger charge is -2.30. The molecule has 0 aromatic heterocycles. The van der Waals surface area contributed by atoms with Gasteiger partial charge in [0.1, 0.15) is 0 Å². The van der Waals surface area contributed by atoms with Crippen molar-refractivity contribution in [2.75, 3.05) is 31.6 Å². The van der Waals surface area contributed by atoms with Gasteiger partial charge >= 0.3 is 5.97 Å². The number of benzene rings is 1. The summed E-state index contributed by atoms with van der Waals surface area (Å²) in [6.07, 6.45) is 1.75. The molecule has 2 rings (SSSR count). The standard InChI is InChI=1S/C16H21BrN2O3/c1-2-22-16(21)12-4-3-9-19(10-12)11-15(20)18-14-7-5-13(17)6-8-14/h5-8,12H,2-4,9-11H2,1H3,(H,18,20)/t12-/m1/s1. The van der Waals surface area contributed by atoms with Gasteiger partial charge in [0.15, 0.2) is 0 Å². The van der Waals surface area contributed by atoms with Crippen molar-refractivity contribution >= 4 is 33.5 Å². The molecule has 1 saturated heterocycles. The Morgan fingerprint density at radius 1 is 1.36 bits per heavy atom. The number of esters is 1. The molecule has 0 spiro atoms. The summed E-state index contributed by atoms with van der Waals surface area (Å²) >= 11 is 3.36. The van der Waals surface area contributed by atoms with E-state index in [0.29, 0.717) is 19.7 Å². The van der Waals surface area contributed by atoms with Crippen LogP contribution in [-0.2, 0) is 14.3 Å². The first-order valence-corrected chi connectivity index (χ1v) is 8.32. The first kappa shape index (κ1) is 17.0. The Morgan fingerprint density at radius 2 is 2.09 bits per heavy atom. The zero-order chi connectivity index (χ0) is 15.9. The maximum absolute atomic E-state index is 12.1. The van der Waals surface area contributed by atoms with Gasteiger partial charge in [-0.05, 0) is 50.6 Å². The van der Waals surface area contributed by atoms with Gasteiger partial charge in [-0.1, -0.05) is 15.9 Å². The maximum atomic E-state index is 12.1. The molecule has 1 fully saturated rings. The number of carbonyl (C=O) groups is 2. The fraction of sp³-hybridized carbons (Fsp3) is 0.500. The van der Waals surface area contributed by atoms with Crippen LogP contribution in [0, 0.1) is 5.92 Å². The van der Waals surface area contributed by atoms with Crippen LogP contribution in [0.25, 0.3) is 0 Å². The van der Waals surface area contributed by atoms with Crippen molar-refractivity contribution < 1.29 is 14.3 Å². The van der Waals surface area contributed by atoms with E-state index in [0.717, 1.165) is 29.5 Å². The molecule has 1 aliphatic rings. The third-order valence-electron chi connectivity index (χ3n) is 3.62. The van der Waals surface area contributed by atoms with Crippen molar-refractivity contribution in [1.29, 1.82) is 0 Å². The Hall–Kier alpha value is -1.40. The fourth-order valence-corrected chi connectivity index (χ4v) is 2.85. The van der Waals surface area contributed by atoms with Crippen molar-refractivity contribution in [1.82, 2.24) is 4.90 Å². The number of hydrogen-bond donors (Lipinski definition) is 1. The van der Waals surface area contributed by atoms with Crippen molar-refractivity contribution in [3.05, 3.63) is 28.7 Å². The number of nitrogens with zero attached hydrogens (tertiary/aromatic N) is 1. The second kappa shape index (κ2) is 8.29. The highest BCUT2D eigenvalue weighted by molar-refractivity contribution is 9.10. The molecule has 6 heteroatoms. The lowest BCUT2D eigenvalue weighted by atomic mass is 9.98. The number of nitrogens with one attached hydrogen (secondary N) is 1. The van der Waals surface area contributed by atoms with Crippen LogP contribution < -0.4 is 5.32 Å². The Bertz CT molecular complexity index is 519. The molecule has 1 atom stereocenters. The third kappa shape index (κ3) is 5.10. The molecule has 5 nitrogen and oxygen atoms in total. The van der Waals surface area contributed by atoms with E-state index in [2.05, 4.69) is 21.2 Å². The molecule has 0 radical (unpaired) electrons. The quantitative estimate of drug-likeness (QED) is 0.811. The van der Waals surface area contributed by atoms with Crippen LogP contribution >= 0.6 is 15.9 Å². The summed E-state index contributed by atoms with van der Waals surface area (Å²) in [5, 5.41) is 2.87. The van der Waals surface area contributed by atoms with E-state index in [1.807, 2.05) is 36.1 Å². The van der Waals surface area contributed by atoms with Crippen molar-refractivity contribution in [2.24, 2.45) is 5.92 Å². The molecule has 0 bridgehead atoms. The Labute approximate surface area is 139 Å². The molecule has 0 saturated carbocycles. The molecule has 22 heavy (non-hydrogen) atoms. The first-order chi connectivity index (χ1) is 10.6. The highest BCUT2D eigenvalue weighted by Gasteiger charge is 2.27. The summed E-state index contributed by atoms with van der Waals surface area (Å²) in [4.78, 5) is 25.9. The van der Waals surface area contributed by atoms with Gasteiger partial charge in [0.2, 0.25) is 5.91 Å². The second-order valence-corrected chi connectivity index (χ2v) is 6.30. The SMILES string of the molecule is CCOC(=O)[C@@H]1CCCN(CC(=O)Nc2ccc(Br)cc2)C1. The minimum Gasteiger partial charge on any atom is -0.466 e. The summed E-state index contributed by atoms with van der Waals surface area (Å²) in [5.41, 5.74) is 0.771. The molecule has 0 unspecified atom stereocenters. The fourth-order valence-electron chi connectivity index (χ4n) is 2.59. The zero-order valence-corrected chi connectivity index (χ0v) is 14.3. The van der Waals surface area contributed by atoms with Gasteiger partial charge < -0.3 is 10.1 Å². The van der Waals surface area contributed by atoms with E-state index in [1.165, 1.54) is 0 Å². The molecule has 1 aromatic carbocycles. The minimum atomic E-state index is -0.152. The van der Waals surface area contributed by atoms with Crippen LogP contribution in [0.4, 0.5) is 5.69 Å². The lowest BCUT2D eigenvalue weighted by Crippen LogP contribution is -2.43. The Morgan fingerprint density at radius 3 is 2.77 bits per heavy atom. The minimum absolute atomic E-state index is 0.0631. The number of hydrogen-bond acceptors (Lipinski definition) is 4. The van der Waals surface area contributed by atoms with Gasteiger partial charge in [0, 0.05) is 16.7 Å². The number of halogens is 1. The number of amides is 1. The van der Waals surface area contributed by atoms with Crippen LogP contribution in [0.5, 0.6) is 0 Å². The lowest BCUT2D eigenvalue weighted by molar-refractivity contribution is -0.150. The average Bonchev–Trinajstić information content (AvgIpc) is 2.50. The molecule has 1 N–H and O–H groups in total. The van der Waals surface area contributed by atoms with Crippen molar-refractivity contribution in [3.8, 4) is 0 Å². The van der Waals surface area contributed by atoms with Gasteiger partial charge in [-0.2, -0.15) is 0 Å². The topological polar surface area (TPSA) is 58.6 Å². The molecule has 1 aromatic rings.